The molecule has 20 heavy (non-hydrogen) atoms. The average molecular weight is 299 g/mol. The van der Waals surface area contributed by atoms with Gasteiger partial charge in [0.15, 0.2) is 0 Å². The lowest BCUT2D eigenvalue weighted by molar-refractivity contribution is 0.0697. The summed E-state index contributed by atoms with van der Waals surface area (Å²) in [5.74, 6) is -0.658. The molecule has 6 heteroatoms. The maximum Gasteiger partial charge on any atom is 0.339 e. The van der Waals surface area contributed by atoms with Gasteiger partial charge < -0.3 is 15.1 Å². The number of nitrogens with zero attached hydrogens (tertiary/aromatic N) is 2. The number of aromatic nitrogens is 1. The van der Waals surface area contributed by atoms with Crippen LogP contribution in [-0.4, -0.2) is 40.4 Å². The summed E-state index contributed by atoms with van der Waals surface area (Å²) in [5, 5.41) is 18.8. The van der Waals surface area contributed by atoms with Crippen molar-refractivity contribution < 1.29 is 15.0 Å². The first kappa shape index (κ1) is 15.1. The van der Waals surface area contributed by atoms with E-state index >= 15 is 0 Å². The Kier molecular flexibility index (Phi) is 5.20. The van der Waals surface area contributed by atoms with E-state index in [0.717, 1.165) is 25.7 Å². The predicted octanol–water partition coefficient (Wildman–Crippen LogP) is 2.56. The summed E-state index contributed by atoms with van der Waals surface area (Å²) >= 11 is 5.91. The number of aliphatic hydroxyl groups excluding tert-OH is 1. The van der Waals surface area contributed by atoms with Gasteiger partial charge in [-0.15, -0.1) is 0 Å². The Bertz CT molecular complexity index is 475. The molecule has 5 nitrogen and oxygen atoms in total. The normalized spacial score (nSPS) is 16.1. The van der Waals surface area contributed by atoms with E-state index in [9.17, 15) is 15.0 Å². The van der Waals surface area contributed by atoms with Crippen molar-refractivity contribution in [1.82, 2.24) is 4.98 Å². The first-order valence-corrected chi connectivity index (χ1v) is 7.28. The van der Waals surface area contributed by atoms with Crippen LogP contribution in [0.4, 0.5) is 5.82 Å². The number of carboxylic acid groups (broad SMARTS) is 1. The highest BCUT2D eigenvalue weighted by molar-refractivity contribution is 6.29. The molecule has 0 radical (unpaired) electrons. The van der Waals surface area contributed by atoms with Gasteiger partial charge in [0, 0.05) is 12.6 Å². The molecule has 0 atom stereocenters. The van der Waals surface area contributed by atoms with E-state index in [2.05, 4.69) is 4.98 Å². The van der Waals surface area contributed by atoms with Gasteiger partial charge in [0.25, 0.3) is 0 Å². The van der Waals surface area contributed by atoms with E-state index in [1.165, 1.54) is 18.6 Å². The molecule has 1 aliphatic rings. The number of aromatic carboxylic acids is 1. The fourth-order valence-electron chi connectivity index (χ4n) is 2.77. The predicted molar refractivity (Wildman–Crippen MR) is 77.5 cm³/mol. The van der Waals surface area contributed by atoms with Gasteiger partial charge in [0.2, 0.25) is 0 Å². The van der Waals surface area contributed by atoms with Crippen LogP contribution in [0.2, 0.25) is 5.15 Å². The van der Waals surface area contributed by atoms with Crippen molar-refractivity contribution in [2.45, 2.75) is 38.1 Å². The molecule has 0 unspecified atom stereocenters. The molecule has 1 saturated carbocycles. The van der Waals surface area contributed by atoms with E-state index in [1.807, 2.05) is 4.90 Å². The molecule has 0 aromatic carbocycles. The van der Waals surface area contributed by atoms with Crippen LogP contribution in [-0.2, 0) is 0 Å². The quantitative estimate of drug-likeness (QED) is 0.817. The molecule has 1 heterocycles. The van der Waals surface area contributed by atoms with E-state index in [4.69, 9.17) is 11.6 Å². The number of carboxylic acids is 1. The van der Waals surface area contributed by atoms with Crippen LogP contribution in [0, 0.1) is 0 Å². The van der Waals surface area contributed by atoms with Crippen molar-refractivity contribution in [3.63, 3.8) is 0 Å². The molecule has 0 saturated heterocycles. The number of hydrogen-bond donors (Lipinski definition) is 2. The van der Waals surface area contributed by atoms with Crippen molar-refractivity contribution in [2.75, 3.05) is 18.1 Å². The van der Waals surface area contributed by atoms with Crippen LogP contribution in [0.5, 0.6) is 0 Å². The van der Waals surface area contributed by atoms with Crippen molar-refractivity contribution >= 4 is 23.4 Å². The number of pyridine rings is 1. The molecule has 1 aromatic rings. The second-order valence-electron chi connectivity index (χ2n) is 5.02. The van der Waals surface area contributed by atoms with E-state index in [1.54, 1.807) is 0 Å². The Labute approximate surface area is 123 Å². The zero-order chi connectivity index (χ0) is 14.5. The number of anilines is 1. The molecule has 1 fully saturated rings. The van der Waals surface area contributed by atoms with Crippen molar-refractivity contribution in [3.05, 3.63) is 22.8 Å². The molecule has 1 aromatic heterocycles. The van der Waals surface area contributed by atoms with Crippen LogP contribution < -0.4 is 4.90 Å². The molecule has 0 spiro atoms. The Morgan fingerprint density at radius 3 is 2.65 bits per heavy atom. The van der Waals surface area contributed by atoms with Crippen LogP contribution in [0.25, 0.3) is 0 Å². The number of aliphatic hydroxyl groups is 1. The highest BCUT2D eigenvalue weighted by Crippen LogP contribution is 2.29. The highest BCUT2D eigenvalue weighted by Gasteiger charge is 2.26. The molecule has 110 valence electrons. The standard InChI is InChI=1S/C14H19ClN2O3/c15-12-7-6-11(14(19)20)13(16-12)17(8-9-18)10-4-2-1-3-5-10/h6-7,10,18H,1-5,8-9H2,(H,19,20). The monoisotopic (exact) mass is 298 g/mol. The molecular formula is C14H19ClN2O3. The number of carbonyl (C=O) groups is 1. The molecular weight excluding hydrogens is 280 g/mol. The molecule has 0 bridgehead atoms. The zero-order valence-electron chi connectivity index (χ0n) is 11.3. The van der Waals surface area contributed by atoms with Gasteiger partial charge >= 0.3 is 5.97 Å². The first-order valence-electron chi connectivity index (χ1n) is 6.91. The molecule has 1 aliphatic carbocycles. The summed E-state index contributed by atoms with van der Waals surface area (Å²) in [6.45, 7) is 0.335. The van der Waals surface area contributed by atoms with Crippen LogP contribution in [0.15, 0.2) is 12.1 Å². The number of halogens is 1. The number of hydrogen-bond acceptors (Lipinski definition) is 4. The minimum atomic E-state index is -1.03. The lowest BCUT2D eigenvalue weighted by Crippen LogP contribution is -2.40. The lowest BCUT2D eigenvalue weighted by atomic mass is 9.94. The first-order chi connectivity index (χ1) is 9.63. The largest absolute Gasteiger partial charge is 0.478 e. The highest BCUT2D eigenvalue weighted by atomic mass is 35.5. The minimum absolute atomic E-state index is 0.0379. The van der Waals surface area contributed by atoms with Crippen molar-refractivity contribution in [1.29, 1.82) is 0 Å². The van der Waals surface area contributed by atoms with Crippen LogP contribution in [0.3, 0.4) is 0 Å². The van der Waals surface area contributed by atoms with Gasteiger partial charge in [-0.25, -0.2) is 9.78 Å². The summed E-state index contributed by atoms with van der Waals surface area (Å²) in [6.07, 6.45) is 5.43. The van der Waals surface area contributed by atoms with Gasteiger partial charge in [0.05, 0.1) is 6.61 Å². The van der Waals surface area contributed by atoms with Gasteiger partial charge in [-0.05, 0) is 25.0 Å². The van der Waals surface area contributed by atoms with Crippen LogP contribution >= 0.6 is 11.6 Å². The summed E-state index contributed by atoms with van der Waals surface area (Å²) in [6, 6.07) is 3.17. The van der Waals surface area contributed by atoms with E-state index < -0.39 is 5.97 Å². The average Bonchev–Trinajstić information content (AvgIpc) is 2.45. The van der Waals surface area contributed by atoms with Crippen molar-refractivity contribution in [3.8, 4) is 0 Å². The smallest absolute Gasteiger partial charge is 0.339 e. The minimum Gasteiger partial charge on any atom is -0.478 e. The Morgan fingerprint density at radius 1 is 1.35 bits per heavy atom. The SMILES string of the molecule is O=C(O)c1ccc(Cl)nc1N(CCO)C1CCCCC1. The summed E-state index contributed by atoms with van der Waals surface area (Å²) < 4.78 is 0. The zero-order valence-corrected chi connectivity index (χ0v) is 12.0. The number of rotatable bonds is 5. The Morgan fingerprint density at radius 2 is 2.05 bits per heavy atom. The lowest BCUT2D eigenvalue weighted by Gasteiger charge is -2.35. The van der Waals surface area contributed by atoms with Gasteiger partial charge in [0.1, 0.15) is 16.5 Å². The third kappa shape index (κ3) is 3.41. The third-order valence-electron chi connectivity index (χ3n) is 3.70. The van der Waals surface area contributed by atoms with E-state index in [-0.39, 0.29) is 23.4 Å². The fraction of sp³-hybridized carbons (Fsp3) is 0.571. The Hall–Kier alpha value is -1.33. The third-order valence-corrected chi connectivity index (χ3v) is 3.91. The molecule has 0 amide bonds. The topological polar surface area (TPSA) is 73.7 Å². The molecule has 2 rings (SSSR count). The maximum atomic E-state index is 11.4. The van der Waals surface area contributed by atoms with Gasteiger partial charge in [-0.1, -0.05) is 30.9 Å². The maximum absolute atomic E-state index is 11.4. The van der Waals surface area contributed by atoms with Crippen LogP contribution in [0.1, 0.15) is 42.5 Å². The van der Waals surface area contributed by atoms with Gasteiger partial charge in [-0.2, -0.15) is 0 Å². The summed E-state index contributed by atoms with van der Waals surface area (Å²) in [5.41, 5.74) is 0.133. The van der Waals surface area contributed by atoms with E-state index in [0.29, 0.717) is 12.4 Å². The molecule has 2 N–H and O–H groups in total. The summed E-state index contributed by atoms with van der Waals surface area (Å²) in [7, 11) is 0. The van der Waals surface area contributed by atoms with Gasteiger partial charge in [-0.3, -0.25) is 0 Å². The second kappa shape index (κ2) is 6.90. The Balaban J connectivity index is 2.36. The molecule has 0 aliphatic heterocycles. The fourth-order valence-corrected chi connectivity index (χ4v) is 2.92. The summed E-state index contributed by atoms with van der Waals surface area (Å²) in [4.78, 5) is 17.4. The second-order valence-corrected chi connectivity index (χ2v) is 5.41. The van der Waals surface area contributed by atoms with Crippen molar-refractivity contribution in [2.24, 2.45) is 0 Å².